The molecule has 1 aromatic heterocycles. The average Bonchev–Trinajstić information content (AvgIpc) is 1.94. The van der Waals surface area contributed by atoms with Gasteiger partial charge in [0, 0.05) is 12.7 Å². The van der Waals surface area contributed by atoms with Crippen LogP contribution in [0.2, 0.25) is 0 Å². The van der Waals surface area contributed by atoms with Crippen molar-refractivity contribution in [3.63, 3.8) is 0 Å². The van der Waals surface area contributed by atoms with Crippen LogP contribution in [-0.2, 0) is 6.54 Å². The number of hydrogen-bond acceptors (Lipinski definition) is 3. The number of nitrogens with one attached hydrogen (secondary N) is 1. The van der Waals surface area contributed by atoms with Crippen LogP contribution in [0.15, 0.2) is 18.5 Å². The summed E-state index contributed by atoms with van der Waals surface area (Å²) < 4.78 is 0. The Hall–Kier alpha value is -1.09. The van der Waals surface area contributed by atoms with E-state index in [-0.39, 0.29) is 0 Å². The Morgan fingerprint density at radius 1 is 1.70 bits per heavy atom. The molecule has 1 aromatic rings. The van der Waals surface area contributed by atoms with Gasteiger partial charge in [-0.15, -0.1) is 0 Å². The minimum absolute atomic E-state index is 0.747. The molecular formula is C7H11N3. The molecule has 1 heterocycles. The maximum absolute atomic E-state index is 5.60. The highest BCUT2D eigenvalue weighted by Gasteiger charge is 1.93. The molecule has 54 valence electrons. The molecule has 0 saturated carbocycles. The summed E-state index contributed by atoms with van der Waals surface area (Å²) >= 11 is 0. The van der Waals surface area contributed by atoms with Crippen LogP contribution in [-0.4, -0.2) is 12.0 Å². The van der Waals surface area contributed by atoms with Gasteiger partial charge in [-0.2, -0.15) is 0 Å². The quantitative estimate of drug-likeness (QED) is 0.619. The van der Waals surface area contributed by atoms with E-state index in [1.807, 2.05) is 13.1 Å². The third-order valence-electron chi connectivity index (χ3n) is 1.31. The molecule has 0 bridgehead atoms. The lowest BCUT2D eigenvalue weighted by atomic mass is 10.2. The second-order valence-electron chi connectivity index (χ2n) is 2.10. The van der Waals surface area contributed by atoms with Gasteiger partial charge in [-0.3, -0.25) is 4.98 Å². The summed E-state index contributed by atoms with van der Waals surface area (Å²) in [7, 11) is 1.89. The Bertz CT molecular complexity index is 210. The monoisotopic (exact) mass is 137 g/mol. The van der Waals surface area contributed by atoms with E-state index in [9.17, 15) is 0 Å². The number of nitrogen functional groups attached to an aromatic ring is 1. The summed E-state index contributed by atoms with van der Waals surface area (Å²) in [6, 6.07) is 1.91. The van der Waals surface area contributed by atoms with Crippen LogP contribution in [0.4, 0.5) is 5.69 Å². The van der Waals surface area contributed by atoms with Crippen molar-refractivity contribution in [2.45, 2.75) is 6.54 Å². The van der Waals surface area contributed by atoms with Gasteiger partial charge in [0.15, 0.2) is 0 Å². The lowest BCUT2D eigenvalue weighted by molar-refractivity contribution is 0.818. The highest BCUT2D eigenvalue weighted by molar-refractivity contribution is 5.43. The first-order valence-corrected chi connectivity index (χ1v) is 3.17. The summed E-state index contributed by atoms with van der Waals surface area (Å²) in [6.45, 7) is 0.800. The highest BCUT2D eigenvalue weighted by Crippen LogP contribution is 2.06. The summed E-state index contributed by atoms with van der Waals surface area (Å²) in [4.78, 5) is 3.87. The van der Waals surface area contributed by atoms with Gasteiger partial charge in [0.2, 0.25) is 0 Å². The van der Waals surface area contributed by atoms with Crippen molar-refractivity contribution < 1.29 is 0 Å². The molecule has 0 amide bonds. The van der Waals surface area contributed by atoms with Crippen molar-refractivity contribution in [2.75, 3.05) is 12.8 Å². The van der Waals surface area contributed by atoms with Crippen LogP contribution >= 0.6 is 0 Å². The smallest absolute Gasteiger partial charge is 0.0546 e. The lowest BCUT2D eigenvalue weighted by Gasteiger charge is -2.01. The van der Waals surface area contributed by atoms with Crippen LogP contribution in [0, 0.1) is 0 Å². The summed E-state index contributed by atoms with van der Waals surface area (Å²) in [5.74, 6) is 0. The number of pyridine rings is 1. The summed E-state index contributed by atoms with van der Waals surface area (Å²) in [6.07, 6.45) is 3.40. The zero-order valence-electron chi connectivity index (χ0n) is 5.96. The van der Waals surface area contributed by atoms with Crippen LogP contribution < -0.4 is 11.1 Å². The van der Waals surface area contributed by atoms with Crippen LogP contribution in [0.25, 0.3) is 0 Å². The summed E-state index contributed by atoms with van der Waals surface area (Å²) in [5, 5.41) is 3.02. The number of aromatic nitrogens is 1. The molecule has 0 aromatic carbocycles. The zero-order valence-corrected chi connectivity index (χ0v) is 5.96. The first-order chi connectivity index (χ1) is 4.84. The predicted molar refractivity (Wildman–Crippen MR) is 41.4 cm³/mol. The lowest BCUT2D eigenvalue weighted by Crippen LogP contribution is -2.07. The van der Waals surface area contributed by atoms with Gasteiger partial charge in [-0.1, -0.05) is 0 Å². The Morgan fingerprint density at radius 2 is 2.50 bits per heavy atom. The van der Waals surface area contributed by atoms with Gasteiger partial charge in [-0.25, -0.2) is 0 Å². The molecule has 0 atom stereocenters. The van der Waals surface area contributed by atoms with Crippen molar-refractivity contribution in [3.05, 3.63) is 24.0 Å². The molecular weight excluding hydrogens is 126 g/mol. The predicted octanol–water partition coefficient (Wildman–Crippen LogP) is 0.383. The maximum Gasteiger partial charge on any atom is 0.0546 e. The normalized spacial score (nSPS) is 9.70. The van der Waals surface area contributed by atoms with E-state index in [0.717, 1.165) is 17.8 Å². The Balaban J connectivity index is 2.81. The zero-order chi connectivity index (χ0) is 7.40. The van der Waals surface area contributed by atoms with Gasteiger partial charge in [-0.05, 0) is 18.7 Å². The topological polar surface area (TPSA) is 50.9 Å². The first-order valence-electron chi connectivity index (χ1n) is 3.17. The number of nitrogens with two attached hydrogens (primary N) is 1. The van der Waals surface area contributed by atoms with Crippen LogP contribution in [0.1, 0.15) is 5.56 Å². The Morgan fingerprint density at radius 3 is 3.10 bits per heavy atom. The molecule has 0 spiro atoms. The second kappa shape index (κ2) is 3.17. The molecule has 1 rings (SSSR count). The maximum atomic E-state index is 5.60. The van der Waals surface area contributed by atoms with Crippen molar-refractivity contribution in [2.24, 2.45) is 0 Å². The Kier molecular flexibility index (Phi) is 2.23. The fourth-order valence-corrected chi connectivity index (χ4v) is 0.787. The molecule has 3 heteroatoms. The standard InChI is InChI=1S/C7H11N3/c1-9-4-6-2-3-10-5-7(6)8/h2-3,5,9H,4,8H2,1H3. The number of nitrogens with zero attached hydrogens (tertiary/aromatic N) is 1. The fraction of sp³-hybridized carbons (Fsp3) is 0.286. The van der Waals surface area contributed by atoms with Crippen LogP contribution in [0.3, 0.4) is 0 Å². The molecule has 0 unspecified atom stereocenters. The number of rotatable bonds is 2. The van der Waals surface area contributed by atoms with E-state index in [4.69, 9.17) is 5.73 Å². The minimum atomic E-state index is 0.747. The largest absolute Gasteiger partial charge is 0.397 e. The van der Waals surface area contributed by atoms with E-state index in [1.54, 1.807) is 12.4 Å². The van der Waals surface area contributed by atoms with Gasteiger partial charge in [0.1, 0.15) is 0 Å². The number of hydrogen-bond donors (Lipinski definition) is 2. The molecule has 10 heavy (non-hydrogen) atoms. The summed E-state index contributed by atoms with van der Waals surface area (Å²) in [5.41, 5.74) is 7.45. The van der Waals surface area contributed by atoms with E-state index in [1.165, 1.54) is 0 Å². The second-order valence-corrected chi connectivity index (χ2v) is 2.10. The van der Waals surface area contributed by atoms with Gasteiger partial charge < -0.3 is 11.1 Å². The highest BCUT2D eigenvalue weighted by atomic mass is 14.8. The first kappa shape index (κ1) is 7.02. The third kappa shape index (κ3) is 1.45. The molecule has 3 nitrogen and oxygen atoms in total. The van der Waals surface area contributed by atoms with E-state index < -0.39 is 0 Å². The molecule has 0 aliphatic heterocycles. The van der Waals surface area contributed by atoms with E-state index >= 15 is 0 Å². The SMILES string of the molecule is CNCc1ccncc1N. The molecule has 0 saturated heterocycles. The molecule has 0 fully saturated rings. The van der Waals surface area contributed by atoms with Crippen LogP contribution in [0.5, 0.6) is 0 Å². The number of anilines is 1. The average molecular weight is 137 g/mol. The van der Waals surface area contributed by atoms with Gasteiger partial charge >= 0.3 is 0 Å². The Labute approximate surface area is 60.3 Å². The minimum Gasteiger partial charge on any atom is -0.397 e. The fourth-order valence-electron chi connectivity index (χ4n) is 0.787. The van der Waals surface area contributed by atoms with E-state index in [0.29, 0.717) is 0 Å². The molecule has 0 aliphatic rings. The molecule has 0 aliphatic carbocycles. The van der Waals surface area contributed by atoms with Crippen molar-refractivity contribution in [1.29, 1.82) is 0 Å². The van der Waals surface area contributed by atoms with E-state index in [2.05, 4.69) is 10.3 Å². The van der Waals surface area contributed by atoms with Crippen molar-refractivity contribution in [1.82, 2.24) is 10.3 Å². The van der Waals surface area contributed by atoms with Crippen molar-refractivity contribution >= 4 is 5.69 Å². The molecule has 3 N–H and O–H groups in total. The van der Waals surface area contributed by atoms with Gasteiger partial charge in [0.05, 0.1) is 11.9 Å². The van der Waals surface area contributed by atoms with Gasteiger partial charge in [0.25, 0.3) is 0 Å². The third-order valence-corrected chi connectivity index (χ3v) is 1.31. The molecule has 0 radical (unpaired) electrons. The van der Waals surface area contributed by atoms with Crippen molar-refractivity contribution in [3.8, 4) is 0 Å².